The van der Waals surface area contributed by atoms with Gasteiger partial charge >= 0.3 is 0 Å². The van der Waals surface area contributed by atoms with E-state index in [-0.39, 0.29) is 30.9 Å². The smallest absolute Gasteiger partial charge is 0.251 e. The van der Waals surface area contributed by atoms with Crippen molar-refractivity contribution in [1.82, 2.24) is 20.6 Å². The van der Waals surface area contributed by atoms with E-state index < -0.39 is 18.0 Å². The van der Waals surface area contributed by atoms with E-state index in [0.29, 0.717) is 30.6 Å². The molecule has 3 N–H and O–H groups in total. The molecule has 2 amide bonds. The first kappa shape index (κ1) is 20.8. The second kappa shape index (κ2) is 10.0. The maximum absolute atomic E-state index is 13.0. The summed E-state index contributed by atoms with van der Waals surface area (Å²) in [5, 5.41) is 15.2. The van der Waals surface area contributed by atoms with Crippen LogP contribution in [0.1, 0.15) is 35.3 Å². The van der Waals surface area contributed by atoms with E-state index in [4.69, 9.17) is 4.74 Å². The number of benzene rings is 1. The van der Waals surface area contributed by atoms with Gasteiger partial charge in [0.2, 0.25) is 5.91 Å². The molecule has 0 saturated carbocycles. The number of nitrogens with zero attached hydrogens (tertiary/aromatic N) is 2. The largest absolute Gasteiger partial charge is 0.394 e. The molecule has 2 aromatic rings. The van der Waals surface area contributed by atoms with E-state index in [2.05, 4.69) is 20.6 Å². The fourth-order valence-corrected chi connectivity index (χ4v) is 3.19. The molecule has 3 rings (SSSR count). The van der Waals surface area contributed by atoms with Crippen molar-refractivity contribution in [3.05, 3.63) is 59.9 Å². The number of aromatic nitrogens is 2. The van der Waals surface area contributed by atoms with E-state index in [0.717, 1.165) is 0 Å². The molecule has 29 heavy (non-hydrogen) atoms. The zero-order valence-corrected chi connectivity index (χ0v) is 15.8. The highest BCUT2D eigenvalue weighted by Crippen LogP contribution is 2.22. The molecule has 0 radical (unpaired) electrons. The number of hydrogen-bond acceptors (Lipinski definition) is 6. The van der Waals surface area contributed by atoms with Gasteiger partial charge in [0.1, 0.15) is 18.2 Å². The van der Waals surface area contributed by atoms with E-state index in [1.54, 1.807) is 12.3 Å². The molecule has 1 aromatic heterocycles. The lowest BCUT2D eigenvalue weighted by Crippen LogP contribution is -2.51. The van der Waals surface area contributed by atoms with E-state index in [1.807, 2.05) is 0 Å². The Kier molecular flexibility index (Phi) is 7.20. The number of nitrogens with one attached hydrogen (secondary N) is 2. The van der Waals surface area contributed by atoms with Crippen molar-refractivity contribution in [2.45, 2.75) is 44.1 Å². The minimum atomic E-state index is -0.618. The second-order valence-corrected chi connectivity index (χ2v) is 6.82. The third kappa shape index (κ3) is 6.03. The molecule has 1 aliphatic rings. The SMILES string of the molecule is O=C(CC1CCC(NC(=O)c2ccc(F)cc2)C(CO)O1)NCc1ccncn1. The zero-order chi connectivity index (χ0) is 20.6. The molecule has 154 valence electrons. The number of amides is 2. The van der Waals surface area contributed by atoms with Crippen molar-refractivity contribution in [2.24, 2.45) is 0 Å². The monoisotopic (exact) mass is 402 g/mol. The fraction of sp³-hybridized carbons (Fsp3) is 0.400. The predicted molar refractivity (Wildman–Crippen MR) is 101 cm³/mol. The van der Waals surface area contributed by atoms with Gasteiger partial charge in [0, 0.05) is 11.8 Å². The lowest BCUT2D eigenvalue weighted by Gasteiger charge is -2.36. The Bertz CT molecular complexity index is 819. The molecule has 1 aliphatic heterocycles. The Labute approximate surface area is 167 Å². The maximum atomic E-state index is 13.0. The van der Waals surface area contributed by atoms with Crippen LogP contribution in [0.2, 0.25) is 0 Å². The molecule has 0 bridgehead atoms. The Morgan fingerprint density at radius 2 is 2.00 bits per heavy atom. The third-order valence-corrected chi connectivity index (χ3v) is 4.74. The normalized spacial score (nSPS) is 21.4. The Hall–Kier alpha value is -2.91. The molecular formula is C20H23FN4O4. The highest BCUT2D eigenvalue weighted by molar-refractivity contribution is 5.94. The first-order valence-electron chi connectivity index (χ1n) is 9.39. The minimum Gasteiger partial charge on any atom is -0.394 e. The summed E-state index contributed by atoms with van der Waals surface area (Å²) in [4.78, 5) is 32.3. The van der Waals surface area contributed by atoms with Crippen LogP contribution in [-0.4, -0.2) is 51.7 Å². The van der Waals surface area contributed by atoms with Crippen LogP contribution in [0.25, 0.3) is 0 Å². The molecule has 3 unspecified atom stereocenters. The van der Waals surface area contributed by atoms with Gasteiger partial charge in [0.15, 0.2) is 0 Å². The van der Waals surface area contributed by atoms with Gasteiger partial charge in [-0.15, -0.1) is 0 Å². The standard InChI is InChI=1S/C20H23FN4O4/c21-14-3-1-13(2-4-14)20(28)25-17-6-5-16(29-18(17)11-26)9-19(27)23-10-15-7-8-22-12-24-15/h1-4,7-8,12,16-18,26H,5-6,9-11H2,(H,23,27)(H,25,28). The number of rotatable bonds is 7. The van der Waals surface area contributed by atoms with Crippen LogP contribution >= 0.6 is 0 Å². The van der Waals surface area contributed by atoms with E-state index >= 15 is 0 Å². The summed E-state index contributed by atoms with van der Waals surface area (Å²) < 4.78 is 18.8. The number of ether oxygens (including phenoxy) is 1. The number of aliphatic hydroxyl groups is 1. The summed E-state index contributed by atoms with van der Waals surface area (Å²) in [6, 6.07) is 6.55. The lowest BCUT2D eigenvalue weighted by atomic mass is 9.96. The van der Waals surface area contributed by atoms with Gasteiger partial charge in [-0.3, -0.25) is 9.59 Å². The molecule has 2 heterocycles. The van der Waals surface area contributed by atoms with Crippen molar-refractivity contribution < 1.29 is 23.8 Å². The van der Waals surface area contributed by atoms with Crippen molar-refractivity contribution >= 4 is 11.8 Å². The third-order valence-electron chi connectivity index (χ3n) is 4.74. The molecule has 1 fully saturated rings. The second-order valence-electron chi connectivity index (χ2n) is 6.82. The number of carbonyl (C=O) groups is 2. The van der Waals surface area contributed by atoms with Gasteiger partial charge in [-0.2, -0.15) is 0 Å². The molecule has 8 nitrogen and oxygen atoms in total. The van der Waals surface area contributed by atoms with Crippen molar-refractivity contribution in [3.63, 3.8) is 0 Å². The van der Waals surface area contributed by atoms with Gasteiger partial charge in [-0.1, -0.05) is 0 Å². The van der Waals surface area contributed by atoms with Crippen LogP contribution in [0.15, 0.2) is 42.9 Å². The number of aliphatic hydroxyl groups excluding tert-OH is 1. The topological polar surface area (TPSA) is 113 Å². The van der Waals surface area contributed by atoms with Gasteiger partial charge in [0.05, 0.1) is 37.4 Å². The fourth-order valence-electron chi connectivity index (χ4n) is 3.19. The summed E-state index contributed by atoms with van der Waals surface area (Å²) >= 11 is 0. The summed E-state index contributed by atoms with van der Waals surface area (Å²) in [5.41, 5.74) is 1.03. The highest BCUT2D eigenvalue weighted by Gasteiger charge is 2.33. The van der Waals surface area contributed by atoms with E-state index in [9.17, 15) is 19.1 Å². The molecule has 3 atom stereocenters. The average Bonchev–Trinajstić information content (AvgIpc) is 2.74. The molecular weight excluding hydrogens is 379 g/mol. The van der Waals surface area contributed by atoms with Crippen LogP contribution < -0.4 is 10.6 Å². The quantitative estimate of drug-likeness (QED) is 0.636. The van der Waals surface area contributed by atoms with Crippen LogP contribution in [0.5, 0.6) is 0 Å². The Balaban J connectivity index is 1.47. The van der Waals surface area contributed by atoms with Crippen LogP contribution in [0.4, 0.5) is 4.39 Å². The molecule has 1 saturated heterocycles. The minimum absolute atomic E-state index is 0.153. The molecule has 0 spiro atoms. The first-order valence-corrected chi connectivity index (χ1v) is 9.39. The van der Waals surface area contributed by atoms with Gasteiger partial charge in [-0.25, -0.2) is 14.4 Å². The van der Waals surface area contributed by atoms with Crippen LogP contribution in [0, 0.1) is 5.82 Å². The van der Waals surface area contributed by atoms with Crippen molar-refractivity contribution in [1.29, 1.82) is 0 Å². The highest BCUT2D eigenvalue weighted by atomic mass is 19.1. The summed E-state index contributed by atoms with van der Waals surface area (Å²) in [6.07, 6.45) is 3.32. The summed E-state index contributed by atoms with van der Waals surface area (Å²) in [7, 11) is 0. The van der Waals surface area contributed by atoms with Crippen molar-refractivity contribution in [2.75, 3.05) is 6.61 Å². The summed E-state index contributed by atoms with van der Waals surface area (Å²) in [6.45, 7) is 0.0152. The number of halogens is 1. The van der Waals surface area contributed by atoms with Gasteiger partial charge in [-0.05, 0) is 43.2 Å². The Morgan fingerprint density at radius 1 is 1.21 bits per heavy atom. The van der Waals surface area contributed by atoms with E-state index in [1.165, 1.54) is 30.6 Å². The number of carbonyl (C=O) groups excluding carboxylic acids is 2. The van der Waals surface area contributed by atoms with Crippen molar-refractivity contribution in [3.8, 4) is 0 Å². The van der Waals surface area contributed by atoms with Gasteiger partial charge in [0.25, 0.3) is 5.91 Å². The van der Waals surface area contributed by atoms with Crippen LogP contribution in [0.3, 0.4) is 0 Å². The average molecular weight is 402 g/mol. The lowest BCUT2D eigenvalue weighted by molar-refractivity contribution is -0.131. The number of hydrogen-bond donors (Lipinski definition) is 3. The van der Waals surface area contributed by atoms with Crippen LogP contribution in [-0.2, 0) is 16.1 Å². The zero-order valence-electron chi connectivity index (χ0n) is 15.8. The predicted octanol–water partition coefficient (Wildman–Crippen LogP) is 0.960. The Morgan fingerprint density at radius 3 is 2.69 bits per heavy atom. The van der Waals surface area contributed by atoms with Gasteiger partial charge < -0.3 is 20.5 Å². The first-order chi connectivity index (χ1) is 14.0. The molecule has 9 heteroatoms. The summed E-state index contributed by atoms with van der Waals surface area (Å²) in [5.74, 6) is -0.964. The molecule has 0 aliphatic carbocycles. The molecule has 1 aromatic carbocycles. The maximum Gasteiger partial charge on any atom is 0.251 e.